The first kappa shape index (κ1) is 25.2. The Morgan fingerprint density at radius 2 is 1.91 bits per heavy atom. The quantitative estimate of drug-likeness (QED) is 0.261. The molecule has 4 nitrogen and oxygen atoms in total. The minimum absolute atomic E-state index is 0. The highest BCUT2D eigenvalue weighted by atomic mass is 35.5. The largest absolute Gasteiger partial charge is 0.313 e. The van der Waals surface area contributed by atoms with E-state index in [-0.39, 0.29) is 18.3 Å². The molecule has 0 fully saturated rings. The molecule has 0 radical (unpaired) electrons. The summed E-state index contributed by atoms with van der Waals surface area (Å²) in [5.41, 5.74) is 4.16. The van der Waals surface area contributed by atoms with E-state index in [0.29, 0.717) is 11.6 Å². The van der Waals surface area contributed by atoms with E-state index in [9.17, 15) is 4.79 Å². The van der Waals surface area contributed by atoms with Crippen LogP contribution in [0.25, 0.3) is 20.8 Å². The van der Waals surface area contributed by atoms with Gasteiger partial charge in [0.2, 0.25) is 0 Å². The topological polar surface area (TPSA) is 45.2 Å². The van der Waals surface area contributed by atoms with Crippen LogP contribution in [0.2, 0.25) is 0 Å². The second-order valence-electron chi connectivity index (χ2n) is 8.42. The van der Waals surface area contributed by atoms with Gasteiger partial charge in [-0.3, -0.25) is 9.69 Å². The molecule has 0 bridgehead atoms. The van der Waals surface area contributed by atoms with Gasteiger partial charge in [-0.15, -0.1) is 46.8 Å². The monoisotopic (exact) mass is 529 g/mol. The zero-order valence-corrected chi connectivity index (χ0v) is 22.7. The number of thiophene rings is 1. The van der Waals surface area contributed by atoms with E-state index >= 15 is 0 Å². The molecule has 0 unspecified atom stereocenters. The number of hydrogen-bond donors (Lipinski definition) is 1. The first-order chi connectivity index (χ1) is 16.0. The summed E-state index contributed by atoms with van der Waals surface area (Å²) >= 11 is 5.20. The SMILES string of the molecule is CCSc1ccc(C(=O)Nc2sc3c(c2-c2nc4ccccc4s2)CCN(C(C)C)C3)cc1.Cl. The van der Waals surface area contributed by atoms with Crippen LogP contribution in [-0.4, -0.2) is 34.1 Å². The third kappa shape index (κ3) is 5.04. The van der Waals surface area contributed by atoms with Gasteiger partial charge in [0, 0.05) is 40.0 Å². The number of amides is 1. The molecular weight excluding hydrogens is 502 g/mol. The first-order valence-corrected chi connectivity index (χ1v) is 13.9. The molecule has 0 spiro atoms. The van der Waals surface area contributed by atoms with Crippen LogP contribution in [0, 0.1) is 0 Å². The van der Waals surface area contributed by atoms with Gasteiger partial charge in [0.25, 0.3) is 5.91 Å². The molecule has 3 heterocycles. The normalized spacial score (nSPS) is 13.6. The molecule has 0 atom stereocenters. The first-order valence-electron chi connectivity index (χ1n) is 11.3. The lowest BCUT2D eigenvalue weighted by Gasteiger charge is -2.30. The van der Waals surface area contributed by atoms with Gasteiger partial charge in [-0.1, -0.05) is 19.1 Å². The minimum Gasteiger partial charge on any atom is -0.313 e. The number of carbonyl (C=O) groups excluding carboxylic acids is 1. The second-order valence-corrected chi connectivity index (χ2v) is 11.9. The highest BCUT2D eigenvalue weighted by Crippen LogP contribution is 2.46. The van der Waals surface area contributed by atoms with Crippen LogP contribution in [-0.2, 0) is 13.0 Å². The minimum atomic E-state index is -0.0651. The van der Waals surface area contributed by atoms with Gasteiger partial charge in [-0.05, 0) is 68.0 Å². The molecule has 1 aliphatic rings. The Kier molecular flexibility index (Phi) is 8.00. The fraction of sp³-hybridized carbons (Fsp3) is 0.308. The van der Waals surface area contributed by atoms with E-state index in [1.165, 1.54) is 20.0 Å². The summed E-state index contributed by atoms with van der Waals surface area (Å²) in [7, 11) is 0. The van der Waals surface area contributed by atoms with Crippen molar-refractivity contribution in [2.24, 2.45) is 0 Å². The Morgan fingerprint density at radius 1 is 1.15 bits per heavy atom. The van der Waals surface area contributed by atoms with E-state index in [1.54, 1.807) is 34.4 Å². The van der Waals surface area contributed by atoms with Gasteiger partial charge in [0.15, 0.2) is 0 Å². The van der Waals surface area contributed by atoms with E-state index in [4.69, 9.17) is 4.98 Å². The molecule has 1 N–H and O–H groups in total. The second kappa shape index (κ2) is 10.8. The summed E-state index contributed by atoms with van der Waals surface area (Å²) in [5, 5.41) is 5.16. The van der Waals surface area contributed by atoms with Crippen molar-refractivity contribution in [3.63, 3.8) is 0 Å². The fourth-order valence-corrected chi connectivity index (χ4v) is 7.24. The molecule has 178 valence electrons. The van der Waals surface area contributed by atoms with E-state index in [2.05, 4.69) is 49.2 Å². The molecule has 4 aromatic rings. The number of nitrogens with zero attached hydrogens (tertiary/aromatic N) is 2. The third-order valence-electron chi connectivity index (χ3n) is 5.98. The number of thioether (sulfide) groups is 1. The van der Waals surface area contributed by atoms with Crippen molar-refractivity contribution in [3.05, 3.63) is 64.5 Å². The summed E-state index contributed by atoms with van der Waals surface area (Å²) in [5.74, 6) is 0.954. The zero-order valence-electron chi connectivity index (χ0n) is 19.5. The number of aromatic nitrogens is 1. The van der Waals surface area contributed by atoms with Crippen LogP contribution in [0.3, 0.4) is 0 Å². The maximum Gasteiger partial charge on any atom is 0.256 e. The molecule has 0 saturated heterocycles. The predicted molar refractivity (Wildman–Crippen MR) is 150 cm³/mol. The number of hydrogen-bond acceptors (Lipinski definition) is 6. The van der Waals surface area contributed by atoms with Gasteiger partial charge in [-0.2, -0.15) is 0 Å². The Hall–Kier alpha value is -1.90. The Labute approximate surface area is 219 Å². The van der Waals surface area contributed by atoms with E-state index in [1.807, 2.05) is 30.3 Å². The van der Waals surface area contributed by atoms with Crippen LogP contribution in [0.15, 0.2) is 53.4 Å². The highest BCUT2D eigenvalue weighted by molar-refractivity contribution is 7.99. The van der Waals surface area contributed by atoms with Crippen LogP contribution in [0.4, 0.5) is 5.00 Å². The zero-order chi connectivity index (χ0) is 22.9. The van der Waals surface area contributed by atoms with E-state index in [0.717, 1.165) is 46.4 Å². The van der Waals surface area contributed by atoms with Crippen molar-refractivity contribution in [2.75, 3.05) is 17.6 Å². The molecule has 34 heavy (non-hydrogen) atoms. The molecule has 1 amide bonds. The van der Waals surface area contributed by atoms with Gasteiger partial charge in [0.05, 0.1) is 10.2 Å². The predicted octanol–water partition coefficient (Wildman–Crippen LogP) is 7.58. The Balaban J connectivity index is 0.00000274. The Bertz CT molecular complexity index is 1260. The third-order valence-corrected chi connectivity index (χ3v) is 9.06. The number of thiazole rings is 1. The smallest absolute Gasteiger partial charge is 0.256 e. The number of fused-ring (bicyclic) bond motifs is 2. The van der Waals surface area contributed by atoms with Crippen LogP contribution in [0.1, 0.15) is 41.6 Å². The maximum absolute atomic E-state index is 13.2. The summed E-state index contributed by atoms with van der Waals surface area (Å²) in [6.07, 6.45) is 0.980. The maximum atomic E-state index is 13.2. The van der Waals surface area contributed by atoms with Crippen LogP contribution in [0.5, 0.6) is 0 Å². The summed E-state index contributed by atoms with van der Waals surface area (Å²) < 4.78 is 1.17. The van der Waals surface area contributed by atoms with Crippen molar-refractivity contribution in [2.45, 2.75) is 44.7 Å². The molecule has 1 aliphatic heterocycles. The van der Waals surface area contributed by atoms with Crippen LogP contribution >= 0.6 is 46.8 Å². The highest BCUT2D eigenvalue weighted by Gasteiger charge is 2.28. The molecule has 5 rings (SSSR count). The molecule has 0 saturated carbocycles. The summed E-state index contributed by atoms with van der Waals surface area (Å²) in [4.78, 5) is 23.2. The van der Waals surface area contributed by atoms with Gasteiger partial charge in [0.1, 0.15) is 10.0 Å². The number of para-hydroxylation sites is 1. The fourth-order valence-electron chi connectivity index (χ4n) is 4.20. The molecule has 0 aliphatic carbocycles. The molecule has 2 aromatic carbocycles. The number of carbonyl (C=O) groups is 1. The number of halogens is 1. The van der Waals surface area contributed by atoms with E-state index < -0.39 is 0 Å². The lowest BCUT2D eigenvalue weighted by molar-refractivity contribution is 0.102. The standard InChI is InChI=1S/C26H27N3OS3.ClH/c1-4-31-18-11-9-17(10-12-18)24(30)28-26-23(25-27-20-7-5-6-8-21(20)32-25)19-13-14-29(16(2)3)15-22(19)33-26;/h5-12,16H,4,13-15H2,1-3H3,(H,28,30);1H. The average molecular weight is 530 g/mol. The van der Waals surface area contributed by atoms with Crippen molar-refractivity contribution in [3.8, 4) is 10.6 Å². The lowest BCUT2D eigenvalue weighted by Crippen LogP contribution is -2.35. The van der Waals surface area contributed by atoms with Gasteiger partial charge in [-0.25, -0.2) is 4.98 Å². The van der Waals surface area contributed by atoms with Crippen molar-refractivity contribution >= 4 is 68.0 Å². The lowest BCUT2D eigenvalue weighted by atomic mass is 10.0. The van der Waals surface area contributed by atoms with Gasteiger partial charge < -0.3 is 5.32 Å². The van der Waals surface area contributed by atoms with Crippen LogP contribution < -0.4 is 5.32 Å². The Morgan fingerprint density at radius 3 is 2.62 bits per heavy atom. The van der Waals surface area contributed by atoms with Crippen molar-refractivity contribution < 1.29 is 4.79 Å². The number of nitrogens with one attached hydrogen (secondary N) is 1. The molecular formula is C26H28ClN3OS3. The number of rotatable bonds is 6. The van der Waals surface area contributed by atoms with Crippen molar-refractivity contribution in [1.29, 1.82) is 0 Å². The average Bonchev–Trinajstić information content (AvgIpc) is 3.39. The van der Waals surface area contributed by atoms with Gasteiger partial charge >= 0.3 is 0 Å². The number of benzene rings is 2. The van der Waals surface area contributed by atoms with Crippen molar-refractivity contribution in [1.82, 2.24) is 9.88 Å². The molecule has 8 heteroatoms. The summed E-state index contributed by atoms with van der Waals surface area (Å²) in [6, 6.07) is 16.6. The molecule has 2 aromatic heterocycles. The summed E-state index contributed by atoms with van der Waals surface area (Å²) in [6.45, 7) is 8.58. The number of anilines is 1.